The predicted molar refractivity (Wildman–Crippen MR) is 126 cm³/mol. The first kappa shape index (κ1) is 20.6. The lowest BCUT2D eigenvalue weighted by Crippen LogP contribution is -2.32. The summed E-state index contributed by atoms with van der Waals surface area (Å²) in [7, 11) is 1.83. The summed E-state index contributed by atoms with van der Waals surface area (Å²) < 4.78 is 2.04. The summed E-state index contributed by atoms with van der Waals surface area (Å²) in [5, 5.41) is 14.9. The summed E-state index contributed by atoms with van der Waals surface area (Å²) in [4.78, 5) is 19.9. The number of aryl methyl sites for hydroxylation is 1. The minimum absolute atomic E-state index is 0.0448. The van der Waals surface area contributed by atoms with Crippen molar-refractivity contribution in [2.24, 2.45) is 0 Å². The van der Waals surface area contributed by atoms with Crippen molar-refractivity contribution in [2.45, 2.75) is 26.3 Å². The highest BCUT2D eigenvalue weighted by Crippen LogP contribution is 2.44. The summed E-state index contributed by atoms with van der Waals surface area (Å²) in [6, 6.07) is 8.24. The van der Waals surface area contributed by atoms with E-state index in [1.807, 2.05) is 43.2 Å². The Morgan fingerprint density at radius 3 is 2.70 bits per heavy atom. The predicted octanol–water partition coefficient (Wildman–Crippen LogP) is 3.53. The molecule has 0 saturated carbocycles. The van der Waals surface area contributed by atoms with E-state index in [4.69, 9.17) is 4.98 Å². The van der Waals surface area contributed by atoms with Gasteiger partial charge in [0.1, 0.15) is 17.8 Å². The Labute approximate surface area is 191 Å². The number of hydrogen-bond acceptors (Lipinski definition) is 9. The maximum absolute atomic E-state index is 4.89. The molecular weight excluding hydrogens is 416 g/mol. The smallest absolute Gasteiger partial charge is 0.228 e. The lowest BCUT2D eigenvalue weighted by Gasteiger charge is -2.37. The van der Waals surface area contributed by atoms with Crippen LogP contribution in [0.15, 0.2) is 61.6 Å². The van der Waals surface area contributed by atoms with Gasteiger partial charge < -0.3 is 15.5 Å². The fourth-order valence-corrected chi connectivity index (χ4v) is 4.08. The van der Waals surface area contributed by atoms with Gasteiger partial charge in [0.15, 0.2) is 11.6 Å². The van der Waals surface area contributed by atoms with E-state index >= 15 is 0 Å². The van der Waals surface area contributed by atoms with Gasteiger partial charge in [0.2, 0.25) is 5.95 Å². The van der Waals surface area contributed by atoms with Crippen LogP contribution in [0.25, 0.3) is 16.8 Å². The van der Waals surface area contributed by atoms with Crippen LogP contribution in [0.4, 0.5) is 17.5 Å². The molecule has 33 heavy (non-hydrogen) atoms. The van der Waals surface area contributed by atoms with Crippen molar-refractivity contribution in [1.82, 2.24) is 40.0 Å². The molecule has 0 bridgehead atoms. The van der Waals surface area contributed by atoms with Gasteiger partial charge in [-0.1, -0.05) is 19.1 Å². The van der Waals surface area contributed by atoms with Crippen LogP contribution in [0.1, 0.15) is 31.0 Å². The molecule has 1 aliphatic heterocycles. The van der Waals surface area contributed by atoms with E-state index in [2.05, 4.69) is 65.8 Å². The third kappa shape index (κ3) is 3.65. The van der Waals surface area contributed by atoms with Crippen LogP contribution >= 0.6 is 0 Å². The normalized spacial score (nSPS) is 14.8. The lowest BCUT2D eigenvalue weighted by atomic mass is 10.0. The number of anilines is 3. The van der Waals surface area contributed by atoms with Gasteiger partial charge in [-0.15, -0.1) is 10.2 Å². The monoisotopic (exact) mass is 440 g/mol. The minimum Gasteiger partial charge on any atom is -0.393 e. The van der Waals surface area contributed by atoms with Crippen molar-refractivity contribution in [3.63, 3.8) is 0 Å². The van der Waals surface area contributed by atoms with Crippen molar-refractivity contribution in [3.05, 3.63) is 73.2 Å². The topological polar surface area (TPSA) is 110 Å². The zero-order valence-corrected chi connectivity index (χ0v) is 18.6. The van der Waals surface area contributed by atoms with Crippen LogP contribution in [0.2, 0.25) is 0 Å². The fourth-order valence-electron chi connectivity index (χ4n) is 4.08. The highest BCUT2D eigenvalue weighted by molar-refractivity contribution is 5.76. The van der Waals surface area contributed by atoms with Gasteiger partial charge in [-0.25, -0.2) is 15.0 Å². The third-order valence-corrected chi connectivity index (χ3v) is 5.55. The summed E-state index contributed by atoms with van der Waals surface area (Å²) in [5.74, 6) is 2.96. The largest absolute Gasteiger partial charge is 0.393 e. The lowest BCUT2D eigenvalue weighted by molar-refractivity contribution is 0.588. The molecular formula is C23H24N10. The van der Waals surface area contributed by atoms with Crippen LogP contribution in [0, 0.1) is 6.92 Å². The average molecular weight is 441 g/mol. The van der Waals surface area contributed by atoms with E-state index in [1.54, 1.807) is 12.4 Å². The molecule has 4 aromatic rings. The van der Waals surface area contributed by atoms with Gasteiger partial charge in [0.25, 0.3) is 0 Å². The van der Waals surface area contributed by atoms with E-state index in [0.717, 1.165) is 46.4 Å². The second kappa shape index (κ2) is 8.65. The molecule has 3 aromatic heterocycles. The van der Waals surface area contributed by atoms with Crippen LogP contribution in [0.3, 0.4) is 0 Å². The van der Waals surface area contributed by atoms with Crippen LogP contribution in [-0.4, -0.2) is 41.7 Å². The number of benzene rings is 1. The number of nitrogens with zero attached hydrogens (tertiary/aromatic N) is 8. The quantitative estimate of drug-likeness (QED) is 0.465. The van der Waals surface area contributed by atoms with Crippen LogP contribution in [0.5, 0.6) is 0 Å². The van der Waals surface area contributed by atoms with Crippen molar-refractivity contribution >= 4 is 17.5 Å². The van der Waals surface area contributed by atoms with Gasteiger partial charge in [-0.05, 0) is 31.0 Å². The Morgan fingerprint density at radius 2 is 1.91 bits per heavy atom. The van der Waals surface area contributed by atoms with Crippen molar-refractivity contribution in [1.29, 1.82) is 0 Å². The Balaban J connectivity index is 1.67. The Hall–Kier alpha value is -4.34. The SMILES string of the molecule is CCC1c2nnc(C)n2-c2cnc(N/C=C\NC)nc2N1c1cccc(-c2cncnc2)c1. The molecule has 0 spiro atoms. The fraction of sp³-hybridized carbons (Fsp3) is 0.217. The maximum atomic E-state index is 4.89. The van der Waals surface area contributed by atoms with Gasteiger partial charge in [-0.3, -0.25) is 4.57 Å². The number of aromatic nitrogens is 7. The average Bonchev–Trinajstić information content (AvgIpc) is 3.25. The van der Waals surface area contributed by atoms with Crippen molar-refractivity contribution in [3.8, 4) is 16.8 Å². The first-order valence-corrected chi connectivity index (χ1v) is 10.7. The molecule has 4 heterocycles. The molecule has 0 saturated heterocycles. The minimum atomic E-state index is -0.0448. The highest BCUT2D eigenvalue weighted by Gasteiger charge is 2.35. The van der Waals surface area contributed by atoms with Gasteiger partial charge in [0, 0.05) is 43.1 Å². The standard InChI is InChI=1S/C23H24N10/c1-4-19-22-31-30-15(2)32(22)20-13-28-23(27-9-8-24-3)29-21(20)33(19)18-7-5-6-16(10-18)17-11-25-14-26-12-17/h5-14,19,24H,4H2,1-3H3,(H,27,28,29)/b9-8-. The van der Waals surface area contributed by atoms with Crippen LogP contribution < -0.4 is 15.5 Å². The van der Waals surface area contributed by atoms with E-state index in [0.29, 0.717) is 5.95 Å². The Morgan fingerprint density at radius 1 is 1.06 bits per heavy atom. The molecule has 1 atom stereocenters. The van der Waals surface area contributed by atoms with Gasteiger partial charge >= 0.3 is 0 Å². The number of hydrogen-bond donors (Lipinski definition) is 2. The molecule has 0 fully saturated rings. The summed E-state index contributed by atoms with van der Waals surface area (Å²) >= 11 is 0. The second-order valence-corrected chi connectivity index (χ2v) is 7.58. The van der Waals surface area contributed by atoms with Crippen LogP contribution in [-0.2, 0) is 0 Å². The first-order valence-electron chi connectivity index (χ1n) is 10.7. The Kier molecular flexibility index (Phi) is 5.39. The number of rotatable bonds is 6. The summed E-state index contributed by atoms with van der Waals surface area (Å²) in [6.45, 7) is 4.09. The van der Waals surface area contributed by atoms with E-state index in [1.165, 1.54) is 6.33 Å². The van der Waals surface area contributed by atoms with E-state index < -0.39 is 0 Å². The molecule has 166 valence electrons. The van der Waals surface area contributed by atoms with E-state index in [9.17, 15) is 0 Å². The molecule has 0 amide bonds. The van der Waals surface area contributed by atoms with Crippen molar-refractivity contribution in [2.75, 3.05) is 17.3 Å². The Bertz CT molecular complexity index is 1300. The second-order valence-electron chi connectivity index (χ2n) is 7.58. The molecule has 0 aliphatic carbocycles. The zero-order valence-electron chi connectivity index (χ0n) is 18.6. The highest BCUT2D eigenvalue weighted by atomic mass is 15.4. The number of nitrogens with one attached hydrogen (secondary N) is 2. The third-order valence-electron chi connectivity index (χ3n) is 5.55. The van der Waals surface area contributed by atoms with E-state index in [-0.39, 0.29) is 6.04 Å². The van der Waals surface area contributed by atoms with Gasteiger partial charge in [-0.2, -0.15) is 4.98 Å². The summed E-state index contributed by atoms with van der Waals surface area (Å²) in [5.41, 5.74) is 3.81. The maximum Gasteiger partial charge on any atom is 0.228 e. The van der Waals surface area contributed by atoms with Gasteiger partial charge in [0.05, 0.1) is 12.2 Å². The molecule has 10 nitrogen and oxygen atoms in total. The molecule has 1 unspecified atom stereocenters. The summed E-state index contributed by atoms with van der Waals surface area (Å²) in [6.07, 6.45) is 11.3. The molecule has 2 N–H and O–H groups in total. The first-order chi connectivity index (χ1) is 16.2. The molecule has 10 heteroatoms. The van der Waals surface area contributed by atoms with Crippen molar-refractivity contribution < 1.29 is 0 Å². The molecule has 1 aliphatic rings. The number of fused-ring (bicyclic) bond motifs is 3. The zero-order chi connectivity index (χ0) is 22.8. The molecule has 5 rings (SSSR count). The molecule has 0 radical (unpaired) electrons. The molecule has 1 aromatic carbocycles.